The number of nitrogens with one attached hydrogen (secondary N) is 1. The molecule has 5 rings (SSSR count). The molecule has 0 amide bonds. The van der Waals surface area contributed by atoms with Crippen molar-refractivity contribution in [2.45, 2.75) is 52.5 Å². The van der Waals surface area contributed by atoms with Crippen molar-refractivity contribution >= 4 is 22.8 Å². The summed E-state index contributed by atoms with van der Waals surface area (Å²) in [6.45, 7) is 9.65. The van der Waals surface area contributed by atoms with Gasteiger partial charge in [-0.1, -0.05) is 13.0 Å². The van der Waals surface area contributed by atoms with Crippen molar-refractivity contribution in [2.24, 2.45) is 5.92 Å². The third kappa shape index (κ3) is 4.67. The molecule has 4 aromatic rings. The van der Waals surface area contributed by atoms with Crippen LogP contribution >= 0.6 is 0 Å². The zero-order valence-corrected chi connectivity index (χ0v) is 20.9. The van der Waals surface area contributed by atoms with Crippen molar-refractivity contribution in [3.05, 3.63) is 59.7 Å². The number of benzene rings is 1. The van der Waals surface area contributed by atoms with Gasteiger partial charge >= 0.3 is 0 Å². The fourth-order valence-electron chi connectivity index (χ4n) is 5.04. The molecule has 4 heterocycles. The normalized spacial score (nSPS) is 15.5. The van der Waals surface area contributed by atoms with Crippen LogP contribution in [-0.2, 0) is 4.74 Å². The topological polar surface area (TPSA) is 77.8 Å². The number of hydrogen-bond donors (Lipinski definition) is 1. The largest absolute Gasteiger partial charge is 0.381 e. The van der Waals surface area contributed by atoms with Crippen LogP contribution in [0.25, 0.3) is 22.3 Å². The lowest BCUT2D eigenvalue weighted by atomic mass is 9.83. The summed E-state index contributed by atoms with van der Waals surface area (Å²) in [6.07, 6.45) is 5.04. The first kappa shape index (κ1) is 24.2. The van der Waals surface area contributed by atoms with Gasteiger partial charge in [-0.2, -0.15) is 0 Å². The van der Waals surface area contributed by atoms with Crippen LogP contribution in [0.3, 0.4) is 0 Å². The van der Waals surface area contributed by atoms with E-state index in [1.54, 1.807) is 6.07 Å². The molecule has 1 aliphatic rings. The van der Waals surface area contributed by atoms with E-state index in [9.17, 15) is 8.78 Å². The molecule has 1 aromatic carbocycles. The van der Waals surface area contributed by atoms with E-state index in [1.165, 1.54) is 6.07 Å². The van der Waals surface area contributed by atoms with Crippen LogP contribution in [0.4, 0.5) is 20.5 Å². The van der Waals surface area contributed by atoms with Gasteiger partial charge in [-0.3, -0.25) is 0 Å². The first-order valence-corrected chi connectivity index (χ1v) is 12.3. The minimum absolute atomic E-state index is 0.00668. The first-order valence-electron chi connectivity index (χ1n) is 12.3. The van der Waals surface area contributed by atoms with Crippen molar-refractivity contribution in [2.75, 3.05) is 18.5 Å². The minimum Gasteiger partial charge on any atom is -0.381 e. The van der Waals surface area contributed by atoms with Gasteiger partial charge in [0, 0.05) is 31.0 Å². The molecular weight excluding hydrogens is 462 g/mol. The second kappa shape index (κ2) is 9.89. The van der Waals surface area contributed by atoms with Gasteiger partial charge in [-0.25, -0.2) is 28.7 Å². The highest BCUT2D eigenvalue weighted by Crippen LogP contribution is 2.32. The van der Waals surface area contributed by atoms with Crippen LogP contribution in [0.5, 0.6) is 0 Å². The number of hydrogen-bond acceptors (Lipinski definition) is 6. The summed E-state index contributed by atoms with van der Waals surface area (Å²) in [5.74, 6) is 1.23. The highest BCUT2D eigenvalue weighted by molar-refractivity contribution is 5.83. The van der Waals surface area contributed by atoms with E-state index in [1.807, 2.05) is 43.7 Å². The predicted molar refractivity (Wildman–Crippen MR) is 135 cm³/mol. The average molecular weight is 493 g/mol. The van der Waals surface area contributed by atoms with Gasteiger partial charge in [0.2, 0.25) is 5.95 Å². The molecule has 0 bridgehead atoms. The van der Waals surface area contributed by atoms with Gasteiger partial charge in [0.1, 0.15) is 22.9 Å². The lowest BCUT2D eigenvalue weighted by molar-refractivity contribution is 0.0596. The minimum atomic E-state index is -0.639. The molecule has 0 aliphatic carbocycles. The molecule has 0 unspecified atom stereocenters. The number of aromatic nitrogens is 5. The Morgan fingerprint density at radius 3 is 2.47 bits per heavy atom. The highest BCUT2D eigenvalue weighted by Gasteiger charge is 2.22. The van der Waals surface area contributed by atoms with Crippen LogP contribution in [0.1, 0.15) is 57.0 Å². The van der Waals surface area contributed by atoms with Gasteiger partial charge in [0.05, 0.1) is 11.7 Å². The van der Waals surface area contributed by atoms with Crippen molar-refractivity contribution < 1.29 is 13.5 Å². The van der Waals surface area contributed by atoms with E-state index < -0.39 is 11.6 Å². The van der Waals surface area contributed by atoms with Crippen LogP contribution < -0.4 is 5.32 Å². The number of fused-ring (bicyclic) bond motifs is 1. The molecule has 3 aromatic heterocycles. The molecule has 36 heavy (non-hydrogen) atoms. The van der Waals surface area contributed by atoms with E-state index in [2.05, 4.69) is 32.2 Å². The van der Waals surface area contributed by atoms with E-state index in [4.69, 9.17) is 4.74 Å². The maximum atomic E-state index is 14.9. The fourth-order valence-corrected chi connectivity index (χ4v) is 5.04. The van der Waals surface area contributed by atoms with Crippen molar-refractivity contribution in [1.29, 1.82) is 0 Å². The lowest BCUT2D eigenvalue weighted by Crippen LogP contribution is -2.20. The smallest absolute Gasteiger partial charge is 0.229 e. The number of nitrogens with zero attached hydrogens (tertiary/aromatic N) is 5. The Kier molecular flexibility index (Phi) is 6.66. The van der Waals surface area contributed by atoms with E-state index >= 15 is 0 Å². The summed E-state index contributed by atoms with van der Waals surface area (Å²) >= 11 is 0. The van der Waals surface area contributed by atoms with Crippen molar-refractivity contribution in [1.82, 2.24) is 24.5 Å². The number of anilines is 2. The Morgan fingerprint density at radius 1 is 1.00 bits per heavy atom. The van der Waals surface area contributed by atoms with Crippen molar-refractivity contribution in [3.8, 4) is 11.3 Å². The number of halogens is 2. The Hall–Kier alpha value is -3.46. The van der Waals surface area contributed by atoms with Gasteiger partial charge in [-0.15, -0.1) is 0 Å². The highest BCUT2D eigenvalue weighted by atomic mass is 19.1. The number of rotatable bonds is 6. The molecule has 1 N–H and O–H groups in total. The quantitative estimate of drug-likeness (QED) is 0.339. The number of aryl methyl sites for hydroxylation is 1. The summed E-state index contributed by atoms with van der Waals surface area (Å²) in [5, 5.41) is 3.04. The summed E-state index contributed by atoms with van der Waals surface area (Å²) in [5.41, 5.74) is 2.34. The monoisotopic (exact) mass is 492 g/mol. The second-order valence-corrected chi connectivity index (χ2v) is 9.68. The van der Waals surface area contributed by atoms with E-state index in [-0.39, 0.29) is 23.2 Å². The second-order valence-electron chi connectivity index (χ2n) is 9.68. The number of ether oxygens (including phenoxy) is 1. The molecular formula is C27H30F2N6O. The third-order valence-electron chi connectivity index (χ3n) is 6.98. The molecule has 1 fully saturated rings. The summed E-state index contributed by atoms with van der Waals surface area (Å²) < 4.78 is 37.1. The van der Waals surface area contributed by atoms with E-state index in [0.29, 0.717) is 34.6 Å². The van der Waals surface area contributed by atoms with Gasteiger partial charge in [-0.05, 0) is 69.2 Å². The SMILES string of the molecule is Cc1nc2c(F)cc(-c3nc(Nc4ccc([C@@H](C)C5CCOCC5)cn4)ncc3F)cc2n1C(C)C. The van der Waals surface area contributed by atoms with Gasteiger partial charge in [0.25, 0.3) is 0 Å². The average Bonchev–Trinajstić information content (AvgIpc) is 3.22. The van der Waals surface area contributed by atoms with Crippen LogP contribution in [-0.4, -0.2) is 37.7 Å². The zero-order chi connectivity index (χ0) is 25.4. The Bertz CT molecular complexity index is 1380. The molecule has 1 atom stereocenters. The van der Waals surface area contributed by atoms with Gasteiger partial charge in [0.15, 0.2) is 11.6 Å². The molecule has 1 aliphatic heterocycles. The van der Waals surface area contributed by atoms with Gasteiger partial charge < -0.3 is 14.6 Å². The molecule has 0 spiro atoms. The molecule has 0 saturated carbocycles. The Labute approximate surface area is 209 Å². The maximum absolute atomic E-state index is 14.9. The molecule has 7 nitrogen and oxygen atoms in total. The molecule has 9 heteroatoms. The summed E-state index contributed by atoms with van der Waals surface area (Å²) in [7, 11) is 0. The predicted octanol–water partition coefficient (Wildman–Crippen LogP) is 6.33. The Morgan fingerprint density at radius 2 is 1.78 bits per heavy atom. The summed E-state index contributed by atoms with van der Waals surface area (Å²) in [6, 6.07) is 6.96. The zero-order valence-electron chi connectivity index (χ0n) is 20.9. The van der Waals surface area contributed by atoms with Crippen molar-refractivity contribution in [3.63, 3.8) is 0 Å². The molecule has 1 saturated heterocycles. The van der Waals surface area contributed by atoms with Crippen LogP contribution in [0.15, 0.2) is 36.7 Å². The molecule has 0 radical (unpaired) electrons. The fraction of sp³-hybridized carbons (Fsp3) is 0.407. The van der Waals surface area contributed by atoms with Crippen LogP contribution in [0.2, 0.25) is 0 Å². The number of pyridine rings is 1. The van der Waals surface area contributed by atoms with Crippen LogP contribution in [0, 0.1) is 24.5 Å². The third-order valence-corrected chi connectivity index (χ3v) is 6.98. The lowest BCUT2D eigenvalue weighted by Gasteiger charge is -2.27. The van der Waals surface area contributed by atoms with E-state index in [0.717, 1.165) is 37.8 Å². The Balaban J connectivity index is 1.41. The standard InChI is InChI=1S/C27H30F2N6O/c1-15(2)35-17(4)32-26-21(28)11-20(12-23(26)35)25-22(29)14-31-27(34-25)33-24-6-5-19(13-30-24)16(3)18-7-9-36-10-8-18/h5-6,11-16,18H,7-10H2,1-4H3,(H,30,31,33,34)/t16-/m0/s1. The summed E-state index contributed by atoms with van der Waals surface area (Å²) in [4.78, 5) is 17.3. The molecule has 188 valence electrons. The first-order chi connectivity index (χ1) is 17.3. The maximum Gasteiger partial charge on any atom is 0.229 e. The number of imidazole rings is 1.